The number of hydrogen-bond donors (Lipinski definition) is 1. The number of carbonyl (C=O) groups is 1. The van der Waals surface area contributed by atoms with Crippen LogP contribution in [0.1, 0.15) is 69.9 Å². The third-order valence-electron chi connectivity index (χ3n) is 7.13. The summed E-state index contributed by atoms with van der Waals surface area (Å²) in [6, 6.07) is 7.59. The molecule has 0 saturated heterocycles. The van der Waals surface area contributed by atoms with Gasteiger partial charge in [0.1, 0.15) is 5.82 Å². The van der Waals surface area contributed by atoms with Crippen molar-refractivity contribution in [3.8, 4) is 11.8 Å². The zero-order valence-corrected chi connectivity index (χ0v) is 22.2. The number of amides is 1. The maximum absolute atomic E-state index is 13.8. The molecule has 38 heavy (non-hydrogen) atoms. The quantitative estimate of drug-likeness (QED) is 0.387. The lowest BCUT2D eigenvalue weighted by molar-refractivity contribution is 0.0727. The molecule has 1 saturated carbocycles. The number of ether oxygens (including phenoxy) is 1. The van der Waals surface area contributed by atoms with Crippen molar-refractivity contribution >= 4 is 34.2 Å². The molecule has 1 aromatic carbocycles. The average Bonchev–Trinajstić information content (AvgIpc) is 3.57. The predicted octanol–water partition coefficient (Wildman–Crippen LogP) is 4.70. The molecule has 1 fully saturated rings. The molecule has 1 unspecified atom stereocenters. The van der Waals surface area contributed by atoms with Gasteiger partial charge < -0.3 is 15.4 Å². The molecule has 1 amide bonds. The fourth-order valence-electron chi connectivity index (χ4n) is 4.99. The molecule has 6 rings (SSSR count). The topological polar surface area (TPSA) is 99.2 Å². The highest BCUT2D eigenvalue weighted by Gasteiger charge is 2.35. The van der Waals surface area contributed by atoms with Crippen LogP contribution in [-0.4, -0.2) is 36.6 Å². The minimum atomic E-state index is -0.133. The fraction of sp³-hybridized carbons (Fsp3) is 0.310. The zero-order chi connectivity index (χ0) is 26.6. The van der Waals surface area contributed by atoms with E-state index in [1.807, 2.05) is 50.2 Å². The Hall–Kier alpha value is -3.93. The van der Waals surface area contributed by atoms with Crippen molar-refractivity contribution in [3.05, 3.63) is 80.9 Å². The van der Waals surface area contributed by atoms with Gasteiger partial charge in [0.05, 0.1) is 52.3 Å². The predicted molar refractivity (Wildman–Crippen MR) is 145 cm³/mol. The average molecular weight is 527 g/mol. The largest absolute Gasteiger partial charge is 0.383 e. The lowest BCUT2D eigenvalue weighted by atomic mass is 10.00. The molecular weight excluding hydrogens is 500 g/mol. The van der Waals surface area contributed by atoms with E-state index in [0.717, 1.165) is 51.9 Å². The van der Waals surface area contributed by atoms with E-state index in [-0.39, 0.29) is 18.1 Å². The van der Waals surface area contributed by atoms with Crippen LogP contribution in [0.5, 0.6) is 0 Å². The Balaban J connectivity index is 1.27. The molecule has 0 bridgehead atoms. The van der Waals surface area contributed by atoms with Gasteiger partial charge in [-0.1, -0.05) is 23.4 Å². The number of rotatable bonds is 4. The first-order chi connectivity index (χ1) is 18.3. The van der Waals surface area contributed by atoms with E-state index in [2.05, 4.69) is 26.9 Å². The molecule has 8 nitrogen and oxygen atoms in total. The van der Waals surface area contributed by atoms with Crippen LogP contribution in [0.2, 0.25) is 5.02 Å². The Morgan fingerprint density at radius 3 is 2.79 bits per heavy atom. The molecule has 192 valence electrons. The smallest absolute Gasteiger partial charge is 0.255 e. The van der Waals surface area contributed by atoms with Crippen LogP contribution in [0.15, 0.2) is 36.7 Å². The zero-order valence-electron chi connectivity index (χ0n) is 21.5. The van der Waals surface area contributed by atoms with Gasteiger partial charge in [-0.05, 0) is 56.5 Å². The molecule has 4 aromatic rings. The number of nitrogens with zero attached hydrogens (tertiary/aromatic N) is 5. The fourth-order valence-corrected chi connectivity index (χ4v) is 5.23. The molecule has 2 aliphatic rings. The van der Waals surface area contributed by atoms with E-state index in [0.29, 0.717) is 35.1 Å². The number of aryl methyl sites for hydroxylation is 2. The minimum absolute atomic E-state index is 0.116. The summed E-state index contributed by atoms with van der Waals surface area (Å²) in [7, 11) is 1.88. The molecule has 9 heteroatoms. The van der Waals surface area contributed by atoms with Gasteiger partial charge in [-0.25, -0.2) is 4.98 Å². The summed E-state index contributed by atoms with van der Waals surface area (Å²) in [4.78, 5) is 24.8. The van der Waals surface area contributed by atoms with E-state index in [1.165, 1.54) is 0 Å². The number of halogens is 1. The second kappa shape index (κ2) is 9.43. The van der Waals surface area contributed by atoms with Gasteiger partial charge in [0.25, 0.3) is 5.91 Å². The summed E-state index contributed by atoms with van der Waals surface area (Å²) in [6.07, 6.45) is 5.43. The molecule has 0 radical (unpaired) electrons. The number of nitrogens with two attached hydrogens (primary N) is 1. The first-order valence-electron chi connectivity index (χ1n) is 12.6. The molecule has 4 heterocycles. The van der Waals surface area contributed by atoms with Gasteiger partial charge >= 0.3 is 0 Å². The molecule has 0 spiro atoms. The Kier molecular flexibility index (Phi) is 6.05. The molecule has 1 aliphatic carbocycles. The lowest BCUT2D eigenvalue weighted by Crippen LogP contribution is -2.33. The number of pyridine rings is 2. The van der Waals surface area contributed by atoms with Crippen LogP contribution >= 0.6 is 11.6 Å². The maximum Gasteiger partial charge on any atom is 0.255 e. The number of carbonyl (C=O) groups excluding carboxylic acids is 1. The van der Waals surface area contributed by atoms with Gasteiger partial charge in [0.2, 0.25) is 0 Å². The molecule has 1 atom stereocenters. The molecule has 3 aromatic heterocycles. The minimum Gasteiger partial charge on any atom is -0.383 e. The van der Waals surface area contributed by atoms with Crippen LogP contribution in [0, 0.1) is 18.8 Å². The van der Waals surface area contributed by atoms with Crippen molar-refractivity contribution < 1.29 is 9.53 Å². The highest BCUT2D eigenvalue weighted by Crippen LogP contribution is 2.40. The Morgan fingerprint density at radius 2 is 2.11 bits per heavy atom. The number of fused-ring (bicyclic) bond motifs is 3. The summed E-state index contributed by atoms with van der Waals surface area (Å²) in [5, 5.41) is 5.53. The third kappa shape index (κ3) is 4.49. The van der Waals surface area contributed by atoms with Crippen LogP contribution in [-0.2, 0) is 24.9 Å². The van der Waals surface area contributed by atoms with E-state index >= 15 is 0 Å². The van der Waals surface area contributed by atoms with Gasteiger partial charge in [-0.15, -0.1) is 0 Å². The van der Waals surface area contributed by atoms with Crippen LogP contribution in [0.3, 0.4) is 0 Å². The molecular formula is C29H27ClN6O2. The Morgan fingerprint density at radius 1 is 1.29 bits per heavy atom. The van der Waals surface area contributed by atoms with Crippen molar-refractivity contribution in [2.45, 2.75) is 52.0 Å². The second-order valence-electron chi connectivity index (χ2n) is 9.95. The standard InChI is InChI=1S/C29H27ClN6O2/c1-16-19(13-35(3)34-16)6-4-18-5-7-20(32-12-18)14-36(21-8-9-21)29(37)23-10-22-24-15-38-17(2)27(24)28(31)33-26(22)11-25(23)30/h5,7,10-13,17,21H,8-9,14-15H2,1-3H3,(H2,31,33). The van der Waals surface area contributed by atoms with E-state index in [4.69, 9.17) is 22.1 Å². The van der Waals surface area contributed by atoms with Crippen molar-refractivity contribution in [1.82, 2.24) is 24.6 Å². The number of anilines is 1. The molecule has 1 aliphatic heterocycles. The van der Waals surface area contributed by atoms with Crippen LogP contribution in [0.25, 0.3) is 10.9 Å². The van der Waals surface area contributed by atoms with Crippen molar-refractivity contribution in [1.29, 1.82) is 0 Å². The first-order valence-corrected chi connectivity index (χ1v) is 13.0. The number of benzene rings is 1. The van der Waals surface area contributed by atoms with Gasteiger partial charge in [-0.2, -0.15) is 5.10 Å². The number of hydrogen-bond acceptors (Lipinski definition) is 6. The summed E-state index contributed by atoms with van der Waals surface area (Å²) in [6.45, 7) is 4.72. The SMILES string of the molecule is Cc1nn(C)cc1C#Cc1ccc(CN(C(=O)c2cc3c4c(c(N)nc3cc2Cl)C(C)OC4)C2CC2)nc1. The van der Waals surface area contributed by atoms with Crippen molar-refractivity contribution in [3.63, 3.8) is 0 Å². The molecule has 2 N–H and O–H groups in total. The summed E-state index contributed by atoms with van der Waals surface area (Å²) >= 11 is 6.62. The van der Waals surface area contributed by atoms with Gasteiger partial charge in [-0.3, -0.25) is 14.5 Å². The van der Waals surface area contributed by atoms with Crippen LogP contribution in [0.4, 0.5) is 5.82 Å². The monoisotopic (exact) mass is 526 g/mol. The Bertz CT molecular complexity index is 1650. The van der Waals surface area contributed by atoms with Crippen LogP contribution < -0.4 is 5.73 Å². The second-order valence-corrected chi connectivity index (χ2v) is 10.4. The lowest BCUT2D eigenvalue weighted by Gasteiger charge is -2.23. The highest BCUT2D eigenvalue weighted by molar-refractivity contribution is 6.34. The van der Waals surface area contributed by atoms with E-state index in [1.54, 1.807) is 16.9 Å². The van der Waals surface area contributed by atoms with Gasteiger partial charge in [0, 0.05) is 42.0 Å². The highest BCUT2D eigenvalue weighted by atomic mass is 35.5. The first kappa shape index (κ1) is 24.4. The van der Waals surface area contributed by atoms with E-state index < -0.39 is 0 Å². The van der Waals surface area contributed by atoms with Gasteiger partial charge in [0.15, 0.2) is 0 Å². The van der Waals surface area contributed by atoms with E-state index in [9.17, 15) is 4.79 Å². The summed E-state index contributed by atoms with van der Waals surface area (Å²) in [5.74, 6) is 6.62. The Labute approximate surface area is 225 Å². The normalized spacial score (nSPS) is 16.3. The van der Waals surface area contributed by atoms with Crippen molar-refractivity contribution in [2.24, 2.45) is 7.05 Å². The number of aromatic nitrogens is 4. The summed E-state index contributed by atoms with van der Waals surface area (Å²) < 4.78 is 7.56. The number of nitrogen functional groups attached to an aromatic ring is 1. The summed E-state index contributed by atoms with van der Waals surface area (Å²) in [5.41, 5.74) is 12.6. The third-order valence-corrected chi connectivity index (χ3v) is 7.44. The van der Waals surface area contributed by atoms with Crippen molar-refractivity contribution in [2.75, 3.05) is 5.73 Å². The maximum atomic E-state index is 13.8.